The molecule has 0 aliphatic carbocycles. The summed E-state index contributed by atoms with van der Waals surface area (Å²) in [6.45, 7) is 4.34. The molecule has 65 heavy (non-hydrogen) atoms. The van der Waals surface area contributed by atoms with Crippen molar-refractivity contribution < 1.29 is 53.8 Å². The van der Waals surface area contributed by atoms with Crippen molar-refractivity contribution in [2.45, 2.75) is 216 Å². The number of aromatic amines is 1. The summed E-state index contributed by atoms with van der Waals surface area (Å²) in [5, 5.41) is 47.5. The number of amides is 2. The first kappa shape index (κ1) is 54.3. The van der Waals surface area contributed by atoms with Crippen LogP contribution in [0.15, 0.2) is 21.9 Å². The summed E-state index contributed by atoms with van der Waals surface area (Å²) in [7, 11) is 2.93. The second kappa shape index (κ2) is 28.2. The molecule has 2 amide bonds. The molecule has 4 rings (SSSR count). The molecule has 0 radical (unpaired) electrons. The zero-order valence-corrected chi connectivity index (χ0v) is 39.2. The van der Waals surface area contributed by atoms with E-state index in [1.165, 1.54) is 88.1 Å². The van der Waals surface area contributed by atoms with Gasteiger partial charge in [-0.2, -0.15) is 0 Å². The quantitative estimate of drug-likeness (QED) is 0.0447. The van der Waals surface area contributed by atoms with Crippen LogP contribution in [0.25, 0.3) is 0 Å². The molecular formula is C46H80N6O13. The van der Waals surface area contributed by atoms with E-state index in [4.69, 9.17) is 24.7 Å². The molecule has 12 atom stereocenters. The van der Waals surface area contributed by atoms with Gasteiger partial charge in [0.15, 0.2) is 12.5 Å². The van der Waals surface area contributed by atoms with Crippen LogP contribution >= 0.6 is 0 Å². The summed E-state index contributed by atoms with van der Waals surface area (Å²) in [4.78, 5) is 72.0. The Morgan fingerprint density at radius 2 is 1.37 bits per heavy atom. The SMILES string of the molecule is CCCCCCCCCCCCNC(=O)C1[C@@H](OC(=O)CCCCCCCCCCC)CN(C)C([C@@H](OC2O[C@H](CN)[C@@H](O)[C@H]2O)C2OC(n3ccc(=O)[nH]c3=O)[C@H](O)[C@@H]2O)C(=O)N1C. The van der Waals surface area contributed by atoms with Crippen LogP contribution in [0.1, 0.15) is 148 Å². The molecule has 0 saturated carbocycles. The number of aromatic nitrogens is 2. The van der Waals surface area contributed by atoms with Gasteiger partial charge in [-0.1, -0.05) is 123 Å². The maximum absolute atomic E-state index is 14.9. The molecule has 19 nitrogen and oxygen atoms in total. The maximum atomic E-state index is 14.9. The van der Waals surface area contributed by atoms with Crippen molar-refractivity contribution in [1.82, 2.24) is 24.7 Å². The van der Waals surface area contributed by atoms with E-state index in [9.17, 15) is 44.4 Å². The van der Waals surface area contributed by atoms with Crippen molar-refractivity contribution in [1.29, 1.82) is 0 Å². The van der Waals surface area contributed by atoms with E-state index in [0.29, 0.717) is 19.4 Å². The highest BCUT2D eigenvalue weighted by Gasteiger charge is 2.57. The molecule has 3 aliphatic rings. The molecule has 372 valence electrons. The summed E-state index contributed by atoms with van der Waals surface area (Å²) in [5.41, 5.74) is 4.12. The third-order valence-corrected chi connectivity index (χ3v) is 13.1. The van der Waals surface area contributed by atoms with Crippen LogP contribution in [0.3, 0.4) is 0 Å². The fourth-order valence-corrected chi connectivity index (χ4v) is 9.18. The van der Waals surface area contributed by atoms with Crippen molar-refractivity contribution in [3.63, 3.8) is 0 Å². The average molecular weight is 925 g/mol. The standard InChI is InChI=1S/C46H80N6O13/c1-5-7-9-11-13-15-17-19-21-23-26-48-42(59)34-31(62-33(54)24-22-20-18-16-14-12-10-8-6-2)29-50(3)35(43(60)51(34)4)40(65-45-39(58)36(55)30(28-47)63-45)41-37(56)38(57)44(64-41)52-27-25-32(53)49-46(52)61/h25,27,30-31,34-41,44-45,55-58H,5-24,26,28-29,47H2,1-4H3,(H,48,59)(H,49,53,61)/t30-,31+,34?,35?,36-,37+,38-,39-,40-,41?,44?,45?/m1/s1. The second-order valence-electron chi connectivity index (χ2n) is 18.2. The van der Waals surface area contributed by atoms with Gasteiger partial charge in [-0.25, -0.2) is 4.79 Å². The van der Waals surface area contributed by atoms with Crippen LogP contribution in [0.5, 0.6) is 0 Å². The van der Waals surface area contributed by atoms with Gasteiger partial charge in [-0.05, 0) is 19.9 Å². The Kier molecular flexibility index (Phi) is 23.5. The summed E-state index contributed by atoms with van der Waals surface area (Å²) in [6.07, 6.45) is 6.33. The van der Waals surface area contributed by atoms with E-state index in [1.54, 1.807) is 0 Å². The lowest BCUT2D eigenvalue weighted by Crippen LogP contribution is -2.60. The topological polar surface area (TPSA) is 268 Å². The number of nitrogens with zero attached hydrogens (tertiary/aromatic N) is 3. The van der Waals surface area contributed by atoms with E-state index in [0.717, 1.165) is 61.8 Å². The Labute approximate surface area is 383 Å². The van der Waals surface area contributed by atoms with Gasteiger partial charge in [0.2, 0.25) is 11.8 Å². The molecule has 19 heteroatoms. The molecule has 1 aromatic rings. The number of likely N-dealkylation sites (N-methyl/N-ethyl adjacent to an activating group) is 2. The van der Waals surface area contributed by atoms with E-state index >= 15 is 0 Å². The number of nitrogens with two attached hydrogens (primary N) is 1. The van der Waals surface area contributed by atoms with Crippen molar-refractivity contribution in [2.75, 3.05) is 33.7 Å². The number of rotatable bonds is 29. The molecule has 0 aromatic carbocycles. The minimum atomic E-state index is -1.84. The normalized spacial score (nSPS) is 29.0. The molecule has 5 unspecified atom stereocenters. The Hall–Kier alpha value is -3.27. The molecule has 3 aliphatic heterocycles. The van der Waals surface area contributed by atoms with Crippen LogP contribution in [0, 0.1) is 0 Å². The molecule has 1 aromatic heterocycles. The molecule has 3 fully saturated rings. The Bertz CT molecular complexity index is 1700. The molecule has 8 N–H and O–H groups in total. The Morgan fingerprint density at radius 3 is 1.92 bits per heavy atom. The monoisotopic (exact) mass is 925 g/mol. The molecule has 0 spiro atoms. The number of nitrogens with one attached hydrogen (secondary N) is 2. The van der Waals surface area contributed by atoms with Crippen LogP contribution < -0.4 is 22.3 Å². The van der Waals surface area contributed by atoms with E-state index in [1.807, 2.05) is 0 Å². The van der Waals surface area contributed by atoms with Gasteiger partial charge in [0.25, 0.3) is 5.56 Å². The lowest BCUT2D eigenvalue weighted by atomic mass is 9.97. The van der Waals surface area contributed by atoms with Crippen molar-refractivity contribution in [3.8, 4) is 0 Å². The van der Waals surface area contributed by atoms with Crippen LogP contribution in [0.2, 0.25) is 0 Å². The van der Waals surface area contributed by atoms with Crippen molar-refractivity contribution in [3.05, 3.63) is 33.1 Å². The first-order valence-electron chi connectivity index (χ1n) is 24.4. The van der Waals surface area contributed by atoms with Gasteiger partial charge in [0, 0.05) is 45.4 Å². The highest BCUT2D eigenvalue weighted by atomic mass is 16.7. The number of hydrogen-bond acceptors (Lipinski definition) is 15. The Balaban J connectivity index is 1.56. The second-order valence-corrected chi connectivity index (χ2v) is 18.2. The number of carbonyl (C=O) groups excluding carboxylic acids is 3. The van der Waals surface area contributed by atoms with E-state index in [-0.39, 0.29) is 19.5 Å². The lowest BCUT2D eigenvalue weighted by Gasteiger charge is -2.38. The number of esters is 1. The zero-order chi connectivity index (χ0) is 47.5. The Morgan fingerprint density at radius 1 is 0.800 bits per heavy atom. The average Bonchev–Trinajstić information content (AvgIpc) is 3.69. The fraction of sp³-hybridized carbons (Fsp3) is 0.848. The van der Waals surface area contributed by atoms with Crippen molar-refractivity contribution in [2.24, 2.45) is 5.73 Å². The molecule has 3 saturated heterocycles. The minimum Gasteiger partial charge on any atom is -0.458 e. The predicted octanol–water partition coefficient (Wildman–Crippen LogP) is 1.96. The summed E-state index contributed by atoms with van der Waals surface area (Å²) in [5.74, 6) is -1.78. The van der Waals surface area contributed by atoms with Gasteiger partial charge < -0.3 is 55.3 Å². The van der Waals surface area contributed by atoms with Gasteiger partial charge in [-0.15, -0.1) is 0 Å². The third kappa shape index (κ3) is 15.6. The maximum Gasteiger partial charge on any atom is 0.330 e. The first-order chi connectivity index (χ1) is 31.2. The zero-order valence-electron chi connectivity index (χ0n) is 39.2. The summed E-state index contributed by atoms with van der Waals surface area (Å²) >= 11 is 0. The minimum absolute atomic E-state index is 0.114. The van der Waals surface area contributed by atoms with E-state index in [2.05, 4.69) is 24.1 Å². The summed E-state index contributed by atoms with van der Waals surface area (Å²) in [6, 6.07) is -1.74. The highest BCUT2D eigenvalue weighted by Crippen LogP contribution is 2.36. The van der Waals surface area contributed by atoms with Gasteiger partial charge in [0.1, 0.15) is 60.9 Å². The van der Waals surface area contributed by atoms with Crippen molar-refractivity contribution >= 4 is 17.8 Å². The number of unbranched alkanes of at least 4 members (excludes halogenated alkanes) is 17. The number of aliphatic hydroxyl groups excluding tert-OH is 4. The number of H-pyrrole nitrogens is 1. The van der Waals surface area contributed by atoms with Gasteiger partial charge in [0.05, 0.1) is 0 Å². The smallest absolute Gasteiger partial charge is 0.330 e. The van der Waals surface area contributed by atoms with E-state index < -0.39 is 102 Å². The number of ether oxygens (including phenoxy) is 4. The van der Waals surface area contributed by atoms with Crippen LogP contribution in [-0.4, -0.2) is 158 Å². The molecular weight excluding hydrogens is 845 g/mol. The van der Waals surface area contributed by atoms with Crippen LogP contribution in [0.4, 0.5) is 0 Å². The third-order valence-electron chi connectivity index (χ3n) is 13.1. The van der Waals surface area contributed by atoms with Gasteiger partial charge in [-0.3, -0.25) is 33.6 Å². The molecule has 0 bridgehead atoms. The molecule has 4 heterocycles. The largest absolute Gasteiger partial charge is 0.458 e. The highest BCUT2D eigenvalue weighted by molar-refractivity contribution is 5.91. The number of carbonyl (C=O) groups is 3. The van der Waals surface area contributed by atoms with Crippen LogP contribution in [-0.2, 0) is 33.3 Å². The van der Waals surface area contributed by atoms with Gasteiger partial charge >= 0.3 is 11.7 Å². The summed E-state index contributed by atoms with van der Waals surface area (Å²) < 4.78 is 25.1. The lowest BCUT2D eigenvalue weighted by molar-refractivity contribution is -0.233. The predicted molar refractivity (Wildman–Crippen MR) is 241 cm³/mol. The number of hydrogen-bond donors (Lipinski definition) is 7. The fourth-order valence-electron chi connectivity index (χ4n) is 9.18. The first-order valence-corrected chi connectivity index (χ1v) is 24.4. The number of aliphatic hydroxyl groups is 4.